The third kappa shape index (κ3) is 2.88. The molecule has 2 heterocycles. The highest BCUT2D eigenvalue weighted by molar-refractivity contribution is 5.10. The molecule has 11 heteroatoms. The van der Waals surface area contributed by atoms with Crippen LogP contribution in [0.4, 0.5) is 0 Å². The van der Waals surface area contributed by atoms with E-state index in [1.807, 2.05) is 0 Å². The molecule has 10 atom stereocenters. The Morgan fingerprint density at radius 3 is 1.74 bits per heavy atom. The maximum atomic E-state index is 10.6. The number of ether oxygens (including phenoxy) is 2. The highest BCUT2D eigenvalue weighted by atomic mass is 16.7. The van der Waals surface area contributed by atoms with Gasteiger partial charge in [0.25, 0.3) is 0 Å². The van der Waals surface area contributed by atoms with Crippen LogP contribution < -0.4 is 0 Å². The van der Waals surface area contributed by atoms with E-state index >= 15 is 0 Å². The molecule has 1 unspecified atom stereocenters. The van der Waals surface area contributed by atoms with Gasteiger partial charge in [-0.1, -0.05) is 0 Å². The van der Waals surface area contributed by atoms with E-state index in [0.29, 0.717) is 0 Å². The predicted octanol–water partition coefficient (Wildman–Crippen LogP) is -6.01. The summed E-state index contributed by atoms with van der Waals surface area (Å²) in [5.74, 6) is 0. The first-order valence-corrected chi connectivity index (χ1v) is 7.03. The molecule has 136 valence electrons. The van der Waals surface area contributed by atoms with E-state index in [4.69, 9.17) is 19.7 Å². The van der Waals surface area contributed by atoms with Crippen molar-refractivity contribution in [1.29, 1.82) is 0 Å². The molecular formula is C12H22O11. The molecule has 2 fully saturated rings. The van der Waals surface area contributed by atoms with Gasteiger partial charge in [-0.05, 0) is 0 Å². The maximum Gasteiger partial charge on any atom is 0.189 e. The van der Waals surface area contributed by atoms with Crippen molar-refractivity contribution in [3.05, 3.63) is 0 Å². The first kappa shape index (κ1) is 18.9. The largest absolute Gasteiger partial charge is 0.394 e. The summed E-state index contributed by atoms with van der Waals surface area (Å²) < 4.78 is 9.91. The molecule has 0 aliphatic carbocycles. The molecule has 2 rings (SSSR count). The quantitative estimate of drug-likeness (QED) is 0.236. The lowest BCUT2D eigenvalue weighted by Crippen LogP contribution is -2.76. The average molecular weight is 342 g/mol. The van der Waals surface area contributed by atoms with E-state index in [1.54, 1.807) is 0 Å². The number of rotatable bonds is 3. The van der Waals surface area contributed by atoms with Crippen molar-refractivity contribution < 1.29 is 55.4 Å². The lowest BCUT2D eigenvalue weighted by Gasteiger charge is -2.53. The van der Waals surface area contributed by atoms with Crippen LogP contribution in [0.1, 0.15) is 0 Å². The highest BCUT2D eigenvalue weighted by Gasteiger charge is 2.63. The third-order valence-corrected chi connectivity index (χ3v) is 4.41. The second-order valence-electron chi connectivity index (χ2n) is 5.78. The minimum absolute atomic E-state index is 0.764. The van der Waals surface area contributed by atoms with E-state index < -0.39 is 73.9 Å². The molecule has 2 aliphatic heterocycles. The Morgan fingerprint density at radius 2 is 1.22 bits per heavy atom. The minimum Gasteiger partial charge on any atom is -0.394 e. The molecule has 0 radical (unpaired) electrons. The summed E-state index contributed by atoms with van der Waals surface area (Å²) in [5.41, 5.74) is -2.79. The molecule has 11 nitrogen and oxygen atoms in total. The van der Waals surface area contributed by atoms with Crippen LogP contribution in [0.25, 0.3) is 0 Å². The lowest BCUT2D eigenvalue weighted by atomic mass is 9.77. The first-order valence-electron chi connectivity index (χ1n) is 7.03. The molecular weight excluding hydrogens is 320 g/mol. The van der Waals surface area contributed by atoms with Gasteiger partial charge in [0.2, 0.25) is 0 Å². The minimum atomic E-state index is -2.79. The highest BCUT2D eigenvalue weighted by Crippen LogP contribution is 2.38. The van der Waals surface area contributed by atoms with Crippen molar-refractivity contribution in [2.75, 3.05) is 13.2 Å². The fourth-order valence-corrected chi connectivity index (χ4v) is 2.92. The Morgan fingerprint density at radius 1 is 0.696 bits per heavy atom. The van der Waals surface area contributed by atoms with Crippen LogP contribution in [0.5, 0.6) is 0 Å². The van der Waals surface area contributed by atoms with E-state index in [-0.39, 0.29) is 0 Å². The molecule has 9 N–H and O–H groups in total. The number of hydrogen-bond acceptors (Lipinski definition) is 11. The molecule has 0 saturated carbocycles. The Bertz CT molecular complexity index is 406. The zero-order chi connectivity index (χ0) is 17.5. The van der Waals surface area contributed by atoms with Crippen molar-refractivity contribution in [2.24, 2.45) is 0 Å². The van der Waals surface area contributed by atoms with Crippen LogP contribution in [0, 0.1) is 0 Å². The van der Waals surface area contributed by atoms with Crippen molar-refractivity contribution in [1.82, 2.24) is 0 Å². The Hall–Kier alpha value is -0.440. The summed E-state index contributed by atoms with van der Waals surface area (Å²) in [4.78, 5) is 0. The predicted molar refractivity (Wildman–Crippen MR) is 68.7 cm³/mol. The van der Waals surface area contributed by atoms with Crippen molar-refractivity contribution in [2.45, 2.75) is 60.7 Å². The van der Waals surface area contributed by atoms with Gasteiger partial charge in [-0.2, -0.15) is 0 Å². The van der Waals surface area contributed by atoms with Gasteiger partial charge in [0.15, 0.2) is 11.9 Å². The van der Waals surface area contributed by atoms with E-state index in [2.05, 4.69) is 0 Å². The van der Waals surface area contributed by atoms with Crippen LogP contribution in [-0.2, 0) is 9.47 Å². The Balaban J connectivity index is 2.33. The molecule has 2 aliphatic rings. The summed E-state index contributed by atoms with van der Waals surface area (Å²) in [5, 5.41) is 88.1. The van der Waals surface area contributed by atoms with Crippen LogP contribution in [0.2, 0.25) is 0 Å². The Kier molecular flexibility index (Phi) is 5.60. The zero-order valence-corrected chi connectivity index (χ0v) is 12.0. The summed E-state index contributed by atoms with van der Waals surface area (Å²) in [6.07, 6.45) is -16.4. The van der Waals surface area contributed by atoms with Gasteiger partial charge in [-0.25, -0.2) is 0 Å². The van der Waals surface area contributed by atoms with E-state index in [0.717, 1.165) is 0 Å². The molecule has 0 aromatic rings. The maximum absolute atomic E-state index is 10.6. The van der Waals surface area contributed by atoms with Crippen LogP contribution >= 0.6 is 0 Å². The number of aliphatic hydroxyl groups excluding tert-OH is 8. The molecule has 2 saturated heterocycles. The van der Waals surface area contributed by atoms with Gasteiger partial charge in [0.1, 0.15) is 48.8 Å². The van der Waals surface area contributed by atoms with E-state index in [1.165, 1.54) is 0 Å². The first-order chi connectivity index (χ1) is 10.7. The lowest BCUT2D eigenvalue weighted by molar-refractivity contribution is -0.378. The SMILES string of the molecule is OC[C@@H]1O[C@@H]([C@]2(O)C(O)O[C@@H](CO)[C@H](O)[C@H]2O)[C@H](O)[C@H](O)[C@H]1O. The monoisotopic (exact) mass is 342 g/mol. The van der Waals surface area contributed by atoms with Gasteiger partial charge < -0.3 is 55.4 Å². The molecule has 0 spiro atoms. The van der Waals surface area contributed by atoms with Crippen molar-refractivity contribution >= 4 is 0 Å². The fraction of sp³-hybridized carbons (Fsp3) is 1.00. The smallest absolute Gasteiger partial charge is 0.189 e. The zero-order valence-electron chi connectivity index (χ0n) is 12.0. The average Bonchev–Trinajstić information content (AvgIpc) is 2.54. The van der Waals surface area contributed by atoms with Crippen LogP contribution in [-0.4, -0.2) is 120 Å². The van der Waals surface area contributed by atoms with Crippen LogP contribution in [0.3, 0.4) is 0 Å². The molecule has 23 heavy (non-hydrogen) atoms. The van der Waals surface area contributed by atoms with Crippen LogP contribution in [0.15, 0.2) is 0 Å². The van der Waals surface area contributed by atoms with Crippen molar-refractivity contribution in [3.8, 4) is 0 Å². The van der Waals surface area contributed by atoms with Crippen molar-refractivity contribution in [3.63, 3.8) is 0 Å². The molecule has 0 amide bonds. The van der Waals surface area contributed by atoms with E-state index in [9.17, 15) is 35.7 Å². The van der Waals surface area contributed by atoms with Gasteiger partial charge in [0, 0.05) is 0 Å². The second kappa shape index (κ2) is 6.82. The number of aliphatic hydroxyl groups is 9. The van der Waals surface area contributed by atoms with Gasteiger partial charge in [-0.15, -0.1) is 0 Å². The summed E-state index contributed by atoms with van der Waals surface area (Å²) in [6.45, 7) is -1.55. The van der Waals surface area contributed by atoms with Gasteiger partial charge >= 0.3 is 0 Å². The Labute approximate surface area is 130 Å². The van der Waals surface area contributed by atoms with Gasteiger partial charge in [0.05, 0.1) is 13.2 Å². The normalized spacial score (nSPS) is 54.9. The second-order valence-corrected chi connectivity index (χ2v) is 5.78. The standard InChI is InChI=1S/C12H22O11/c13-1-3-5(15)7(17)8(18)10(22-3)12(21)9(19)6(16)4(2-14)23-11(12)20/h3-11,13-21H,1-2H2/t3-,4-,5-,6-,7+,8+,9+,10+,11?,12-/m0/s1. The summed E-state index contributed by atoms with van der Waals surface area (Å²) in [7, 11) is 0. The number of hydrogen-bond donors (Lipinski definition) is 9. The third-order valence-electron chi connectivity index (χ3n) is 4.41. The molecule has 0 aromatic carbocycles. The summed E-state index contributed by atoms with van der Waals surface area (Å²) >= 11 is 0. The molecule has 0 bridgehead atoms. The van der Waals surface area contributed by atoms with Gasteiger partial charge in [-0.3, -0.25) is 0 Å². The molecule has 0 aromatic heterocycles. The summed E-state index contributed by atoms with van der Waals surface area (Å²) in [6, 6.07) is 0. The fourth-order valence-electron chi connectivity index (χ4n) is 2.92. The topological polar surface area (TPSA) is 201 Å².